The third kappa shape index (κ3) is 14.1. The van der Waals surface area contributed by atoms with Gasteiger partial charge in [0.05, 0.1) is 25.6 Å². The fourth-order valence-corrected chi connectivity index (χ4v) is 5.17. The molecule has 0 radical (unpaired) electrons. The Bertz CT molecular complexity index is 1300. The van der Waals surface area contributed by atoms with Crippen LogP contribution in [0, 0.1) is 11.8 Å². The van der Waals surface area contributed by atoms with Crippen molar-refractivity contribution in [2.75, 3.05) is 19.7 Å². The van der Waals surface area contributed by atoms with E-state index in [0.29, 0.717) is 19.3 Å². The van der Waals surface area contributed by atoms with Gasteiger partial charge in [0.2, 0.25) is 47.3 Å². The van der Waals surface area contributed by atoms with Crippen molar-refractivity contribution in [3.05, 3.63) is 0 Å². The average Bonchev–Trinajstić information content (AvgIpc) is 3.58. The lowest BCUT2D eigenvalue weighted by atomic mass is 9.97. The minimum Gasteiger partial charge on any atom is -0.480 e. The van der Waals surface area contributed by atoms with Gasteiger partial charge in [0.15, 0.2) is 0 Å². The maximum atomic E-state index is 13.6. The number of aliphatic hydroxyl groups excluding tert-OH is 1. The van der Waals surface area contributed by atoms with Crippen molar-refractivity contribution in [3.8, 4) is 0 Å². The molecule has 0 aliphatic carbocycles. The summed E-state index contributed by atoms with van der Waals surface area (Å²) in [6.07, 6.45) is 0.420. The number of nitrogens with two attached hydrogens (primary N) is 3. The number of amides is 8. The fraction of sp³-hybridized carbons (Fsp3) is 0.710. The first-order chi connectivity index (χ1) is 23.9. The average molecular weight is 728 g/mol. The normalized spacial score (nSPS) is 18.1. The molecule has 0 saturated carbocycles. The summed E-state index contributed by atoms with van der Waals surface area (Å²) < 4.78 is 0. The molecule has 1 aliphatic heterocycles. The minimum absolute atomic E-state index is 0.109. The minimum atomic E-state index is -1.58. The molecule has 0 aromatic carbocycles. The Morgan fingerprint density at radius 1 is 0.804 bits per heavy atom. The number of hydrogen-bond donors (Lipinski definition) is 10. The number of carbonyl (C=O) groups excluding carboxylic acids is 8. The number of carbonyl (C=O) groups is 9. The molecule has 8 amide bonds. The second kappa shape index (κ2) is 21.4. The lowest BCUT2D eigenvalue weighted by molar-refractivity contribution is -0.143. The van der Waals surface area contributed by atoms with Crippen LogP contribution in [0.4, 0.5) is 0 Å². The van der Waals surface area contributed by atoms with Gasteiger partial charge >= 0.3 is 5.97 Å². The van der Waals surface area contributed by atoms with Gasteiger partial charge in [-0.3, -0.25) is 38.4 Å². The number of nitrogens with one attached hydrogen (secondary N) is 5. The number of carboxylic acids is 1. The van der Waals surface area contributed by atoms with Gasteiger partial charge in [-0.1, -0.05) is 40.5 Å². The van der Waals surface area contributed by atoms with Crippen LogP contribution in [0.3, 0.4) is 0 Å². The van der Waals surface area contributed by atoms with Crippen molar-refractivity contribution < 1.29 is 53.4 Å². The molecule has 288 valence electrons. The number of aliphatic carboxylic acids is 1. The molecule has 8 atom stereocenters. The highest BCUT2D eigenvalue weighted by molar-refractivity contribution is 5.98. The lowest BCUT2D eigenvalue weighted by Crippen LogP contribution is -2.60. The first-order valence-electron chi connectivity index (χ1n) is 16.8. The van der Waals surface area contributed by atoms with Gasteiger partial charge in [0, 0.05) is 13.0 Å². The molecule has 1 fully saturated rings. The van der Waals surface area contributed by atoms with Crippen LogP contribution in [0.15, 0.2) is 0 Å². The van der Waals surface area contributed by atoms with E-state index >= 15 is 0 Å². The summed E-state index contributed by atoms with van der Waals surface area (Å²) in [7, 11) is 0. The van der Waals surface area contributed by atoms with Gasteiger partial charge in [-0.15, -0.1) is 0 Å². The van der Waals surface area contributed by atoms with Crippen molar-refractivity contribution in [2.24, 2.45) is 29.0 Å². The number of rotatable bonds is 22. The molecule has 1 saturated heterocycles. The van der Waals surface area contributed by atoms with Gasteiger partial charge < -0.3 is 58.9 Å². The zero-order valence-corrected chi connectivity index (χ0v) is 29.4. The number of hydrogen-bond acceptors (Lipinski definition) is 11. The van der Waals surface area contributed by atoms with Crippen LogP contribution >= 0.6 is 0 Å². The molecule has 1 aliphatic rings. The van der Waals surface area contributed by atoms with Crippen LogP contribution in [0.2, 0.25) is 0 Å². The van der Waals surface area contributed by atoms with E-state index in [0.717, 1.165) is 0 Å². The lowest BCUT2D eigenvalue weighted by Gasteiger charge is -2.31. The quantitative estimate of drug-likeness (QED) is 0.0506. The predicted molar refractivity (Wildman–Crippen MR) is 179 cm³/mol. The molecule has 0 spiro atoms. The second-order valence-electron chi connectivity index (χ2n) is 12.6. The van der Waals surface area contributed by atoms with Crippen molar-refractivity contribution in [2.45, 2.75) is 109 Å². The van der Waals surface area contributed by atoms with E-state index < -0.39 is 115 Å². The van der Waals surface area contributed by atoms with Gasteiger partial charge in [-0.25, -0.2) is 4.79 Å². The Hall–Kier alpha value is -4.85. The van der Waals surface area contributed by atoms with E-state index in [1.165, 1.54) is 4.90 Å². The molecule has 0 unspecified atom stereocenters. The van der Waals surface area contributed by atoms with Gasteiger partial charge in [-0.05, 0) is 31.1 Å². The SMILES string of the molecule is CC[C@H](C)[C@H](N)C(=O)N[C@@H](CC(N)=O)C(=O)N1CCC[C@H]1C(=O)N[C@H](C(=O)N[C@@H](CO)C(=O)NCC(=O)N[C@@H](CCC(N)=O)C(=O)O)[C@@H](C)CC. The van der Waals surface area contributed by atoms with E-state index in [9.17, 15) is 53.4 Å². The number of likely N-dealkylation sites (tertiary alicyclic amines) is 1. The van der Waals surface area contributed by atoms with E-state index in [-0.39, 0.29) is 31.7 Å². The van der Waals surface area contributed by atoms with E-state index in [1.54, 1.807) is 20.8 Å². The highest BCUT2D eigenvalue weighted by Crippen LogP contribution is 2.21. The molecule has 20 nitrogen and oxygen atoms in total. The van der Waals surface area contributed by atoms with Crippen LogP contribution in [-0.4, -0.2) is 124 Å². The maximum absolute atomic E-state index is 13.6. The summed E-state index contributed by atoms with van der Waals surface area (Å²) in [5.41, 5.74) is 16.4. The molecule has 51 heavy (non-hydrogen) atoms. The van der Waals surface area contributed by atoms with Gasteiger partial charge in [0.1, 0.15) is 30.2 Å². The van der Waals surface area contributed by atoms with Gasteiger partial charge in [0.25, 0.3) is 0 Å². The summed E-state index contributed by atoms with van der Waals surface area (Å²) >= 11 is 0. The Morgan fingerprint density at radius 2 is 1.41 bits per heavy atom. The molecule has 1 rings (SSSR count). The van der Waals surface area contributed by atoms with Gasteiger partial charge in [-0.2, -0.15) is 0 Å². The Morgan fingerprint density at radius 3 is 1.94 bits per heavy atom. The van der Waals surface area contributed by atoms with Crippen molar-refractivity contribution in [1.29, 1.82) is 0 Å². The number of aliphatic hydroxyl groups is 1. The predicted octanol–water partition coefficient (Wildman–Crippen LogP) is -4.33. The fourth-order valence-electron chi connectivity index (χ4n) is 5.17. The summed E-state index contributed by atoms with van der Waals surface area (Å²) in [4.78, 5) is 114. The summed E-state index contributed by atoms with van der Waals surface area (Å²) in [5.74, 6) is -8.71. The van der Waals surface area contributed by atoms with Crippen LogP contribution in [-0.2, 0) is 43.2 Å². The molecule has 0 aromatic rings. The molecule has 13 N–H and O–H groups in total. The van der Waals surface area contributed by atoms with Crippen LogP contribution in [0.25, 0.3) is 0 Å². The molecule has 0 bridgehead atoms. The highest BCUT2D eigenvalue weighted by atomic mass is 16.4. The summed E-state index contributed by atoms with van der Waals surface area (Å²) in [6, 6.07) is -7.72. The third-order valence-corrected chi connectivity index (χ3v) is 8.76. The third-order valence-electron chi connectivity index (χ3n) is 8.76. The topological polar surface area (TPSA) is 336 Å². The molecular weight excluding hydrogens is 674 g/mol. The zero-order valence-electron chi connectivity index (χ0n) is 29.4. The summed E-state index contributed by atoms with van der Waals surface area (Å²) in [5, 5.41) is 30.8. The van der Waals surface area contributed by atoms with Crippen LogP contribution in [0.1, 0.15) is 72.6 Å². The van der Waals surface area contributed by atoms with E-state index in [1.807, 2.05) is 6.92 Å². The second-order valence-corrected chi connectivity index (χ2v) is 12.6. The van der Waals surface area contributed by atoms with Crippen molar-refractivity contribution in [3.63, 3.8) is 0 Å². The van der Waals surface area contributed by atoms with Crippen molar-refractivity contribution in [1.82, 2.24) is 31.5 Å². The first kappa shape index (κ1) is 44.2. The number of nitrogens with zero attached hydrogens (tertiary/aromatic N) is 1. The Balaban J connectivity index is 3.01. The number of carboxylic acid groups (broad SMARTS) is 1. The monoisotopic (exact) mass is 727 g/mol. The molecule has 0 aromatic heterocycles. The van der Waals surface area contributed by atoms with Crippen LogP contribution in [0.5, 0.6) is 0 Å². The molecular formula is C31H53N9O11. The highest BCUT2D eigenvalue weighted by Gasteiger charge is 2.40. The van der Waals surface area contributed by atoms with Crippen molar-refractivity contribution >= 4 is 53.2 Å². The standard InChI is InChI=1S/C31H53N9O11/c1-5-15(3)24(34)28(47)37-18(12-22(33)43)30(49)40-11-7-8-20(40)27(46)39-25(16(4)6-2)29(48)38-19(14-41)26(45)35-13-23(44)36-17(31(50)51)9-10-21(32)42/h15-20,24-25,41H,5-14,34H2,1-4H3,(H2,32,42)(H2,33,43)(H,35,45)(H,36,44)(H,37,47)(H,38,48)(H,39,46)(H,50,51)/t15-,16-,17-,18-,19-,20-,24-,25-/m0/s1. The Labute approximate surface area is 295 Å². The number of primary amides is 2. The summed E-state index contributed by atoms with van der Waals surface area (Å²) in [6.45, 7) is 5.45. The smallest absolute Gasteiger partial charge is 0.326 e. The first-order valence-corrected chi connectivity index (χ1v) is 16.8. The van der Waals surface area contributed by atoms with Crippen LogP contribution < -0.4 is 43.8 Å². The van der Waals surface area contributed by atoms with E-state index in [2.05, 4.69) is 26.6 Å². The molecule has 1 heterocycles. The largest absolute Gasteiger partial charge is 0.480 e. The molecule has 20 heteroatoms. The Kier molecular flexibility index (Phi) is 18.5. The van der Waals surface area contributed by atoms with E-state index in [4.69, 9.17) is 17.2 Å². The maximum Gasteiger partial charge on any atom is 0.326 e. The zero-order chi connectivity index (χ0) is 39.0.